The average Bonchev–Trinajstić information content (AvgIpc) is 3.05. The van der Waals surface area contributed by atoms with Crippen LogP contribution in [0.3, 0.4) is 0 Å². The molecule has 188 valence electrons. The van der Waals surface area contributed by atoms with Crippen LogP contribution < -0.4 is 0 Å². The van der Waals surface area contributed by atoms with Gasteiger partial charge in [0.15, 0.2) is 6.10 Å². The first-order valence-corrected chi connectivity index (χ1v) is 11.2. The molecule has 1 aliphatic carbocycles. The standard InChI is InChI=1S/C25H34O9/c1-13(2)22(28)25(31)32-9-8-17(12-26)24(30)34-19-10-14(3)6-7-18(27)15(4)11-20-21(19)16(5)23(29)33-20/h6,8,11,13,18-22,26-28H,5,7,9-10,12H2,1-4H3. The summed E-state index contributed by atoms with van der Waals surface area (Å²) >= 11 is 0. The lowest BCUT2D eigenvalue weighted by Gasteiger charge is -2.28. The summed E-state index contributed by atoms with van der Waals surface area (Å²) in [5, 5.41) is 29.7. The molecule has 5 atom stereocenters. The highest BCUT2D eigenvalue weighted by Crippen LogP contribution is 2.36. The Morgan fingerprint density at radius 2 is 2.00 bits per heavy atom. The molecule has 0 amide bonds. The van der Waals surface area contributed by atoms with Crippen molar-refractivity contribution in [3.8, 4) is 0 Å². The van der Waals surface area contributed by atoms with Gasteiger partial charge in [-0.05, 0) is 43.9 Å². The number of carbonyl (C=O) groups excluding carboxylic acids is 3. The van der Waals surface area contributed by atoms with Crippen LogP contribution in [0, 0.1) is 11.8 Å². The molecular formula is C25H34O9. The number of aliphatic hydroxyl groups excluding tert-OH is 3. The van der Waals surface area contributed by atoms with Crippen LogP contribution in [0.2, 0.25) is 0 Å². The number of aliphatic hydroxyl groups is 3. The summed E-state index contributed by atoms with van der Waals surface area (Å²) in [6, 6.07) is 0. The number of hydrogen-bond donors (Lipinski definition) is 3. The third-order valence-corrected chi connectivity index (χ3v) is 5.95. The van der Waals surface area contributed by atoms with E-state index in [4.69, 9.17) is 14.2 Å². The van der Waals surface area contributed by atoms with E-state index in [1.807, 2.05) is 13.0 Å². The lowest BCUT2D eigenvalue weighted by atomic mass is 9.85. The quantitative estimate of drug-likeness (QED) is 0.215. The van der Waals surface area contributed by atoms with Gasteiger partial charge in [-0.15, -0.1) is 0 Å². The van der Waals surface area contributed by atoms with Crippen molar-refractivity contribution >= 4 is 17.9 Å². The van der Waals surface area contributed by atoms with Crippen molar-refractivity contribution in [2.75, 3.05) is 13.2 Å². The zero-order valence-corrected chi connectivity index (χ0v) is 20.0. The first kappa shape index (κ1) is 27.5. The molecule has 1 saturated heterocycles. The Bertz CT molecular complexity index is 896. The minimum absolute atomic E-state index is 0.139. The van der Waals surface area contributed by atoms with Gasteiger partial charge in [0, 0.05) is 12.0 Å². The molecule has 1 fully saturated rings. The zero-order valence-electron chi connectivity index (χ0n) is 20.0. The van der Waals surface area contributed by atoms with Gasteiger partial charge in [0.25, 0.3) is 0 Å². The minimum Gasteiger partial charge on any atom is -0.460 e. The molecule has 0 saturated carbocycles. The third-order valence-electron chi connectivity index (χ3n) is 5.95. The number of rotatable bonds is 7. The van der Waals surface area contributed by atoms with E-state index in [9.17, 15) is 29.7 Å². The van der Waals surface area contributed by atoms with Gasteiger partial charge in [-0.25, -0.2) is 14.4 Å². The van der Waals surface area contributed by atoms with Crippen LogP contribution in [0.5, 0.6) is 0 Å². The van der Waals surface area contributed by atoms with Crippen molar-refractivity contribution in [2.45, 2.75) is 65.0 Å². The van der Waals surface area contributed by atoms with Crippen molar-refractivity contribution in [3.05, 3.63) is 47.1 Å². The van der Waals surface area contributed by atoms with Crippen molar-refractivity contribution in [3.63, 3.8) is 0 Å². The maximum Gasteiger partial charge on any atom is 0.336 e. The summed E-state index contributed by atoms with van der Waals surface area (Å²) in [5.74, 6) is -3.30. The first-order valence-electron chi connectivity index (χ1n) is 11.2. The smallest absolute Gasteiger partial charge is 0.336 e. The van der Waals surface area contributed by atoms with Crippen molar-refractivity contribution in [1.29, 1.82) is 0 Å². The molecule has 1 heterocycles. The summed E-state index contributed by atoms with van der Waals surface area (Å²) < 4.78 is 16.1. The Labute approximate surface area is 199 Å². The molecule has 2 aliphatic rings. The molecule has 5 unspecified atom stereocenters. The monoisotopic (exact) mass is 478 g/mol. The number of ether oxygens (including phenoxy) is 3. The van der Waals surface area contributed by atoms with E-state index in [0.29, 0.717) is 12.0 Å². The molecule has 0 radical (unpaired) electrons. The van der Waals surface area contributed by atoms with Crippen LogP contribution in [0.15, 0.2) is 47.1 Å². The van der Waals surface area contributed by atoms with Crippen molar-refractivity contribution < 1.29 is 43.9 Å². The molecule has 0 aromatic rings. The van der Waals surface area contributed by atoms with E-state index in [1.54, 1.807) is 26.8 Å². The van der Waals surface area contributed by atoms with Crippen LogP contribution >= 0.6 is 0 Å². The summed E-state index contributed by atoms with van der Waals surface area (Å²) in [5.41, 5.74) is 1.47. The van der Waals surface area contributed by atoms with Crippen molar-refractivity contribution in [2.24, 2.45) is 11.8 Å². The van der Waals surface area contributed by atoms with Gasteiger partial charge in [0.1, 0.15) is 18.8 Å². The van der Waals surface area contributed by atoms with Crippen LogP contribution in [0.25, 0.3) is 0 Å². The van der Waals surface area contributed by atoms with Gasteiger partial charge in [0.2, 0.25) is 0 Å². The van der Waals surface area contributed by atoms with Gasteiger partial charge in [-0.2, -0.15) is 0 Å². The SMILES string of the molecule is C=C1C(=O)OC2C=C(C)C(O)CC=C(C)CC(OC(=O)C(=CCOC(=O)C(O)C(C)C)CO)C12. The number of hydrogen-bond acceptors (Lipinski definition) is 9. The predicted molar refractivity (Wildman–Crippen MR) is 122 cm³/mol. The normalized spacial score (nSPS) is 26.8. The zero-order chi connectivity index (χ0) is 25.6. The Morgan fingerprint density at radius 3 is 2.62 bits per heavy atom. The molecule has 3 N–H and O–H groups in total. The van der Waals surface area contributed by atoms with Crippen LogP contribution in [0.4, 0.5) is 0 Å². The summed E-state index contributed by atoms with van der Waals surface area (Å²) in [6.45, 7) is 9.68. The third kappa shape index (κ3) is 6.88. The maximum absolute atomic E-state index is 12.8. The molecule has 2 rings (SSSR count). The topological polar surface area (TPSA) is 140 Å². The van der Waals surface area contributed by atoms with E-state index < -0.39 is 54.8 Å². The molecule has 34 heavy (non-hydrogen) atoms. The molecule has 0 bridgehead atoms. The highest BCUT2D eigenvalue weighted by atomic mass is 16.6. The summed E-state index contributed by atoms with van der Waals surface area (Å²) in [4.78, 5) is 36.9. The van der Waals surface area contributed by atoms with Crippen LogP contribution in [-0.4, -0.2) is 70.9 Å². The molecule has 0 spiro atoms. The van der Waals surface area contributed by atoms with Crippen molar-refractivity contribution in [1.82, 2.24) is 0 Å². The van der Waals surface area contributed by atoms with E-state index in [2.05, 4.69) is 6.58 Å². The second-order valence-corrected chi connectivity index (χ2v) is 8.99. The highest BCUT2D eigenvalue weighted by Gasteiger charge is 2.44. The Hall–Kier alpha value is -2.75. The fraction of sp³-hybridized carbons (Fsp3) is 0.560. The second-order valence-electron chi connectivity index (χ2n) is 8.99. The lowest BCUT2D eigenvalue weighted by Crippen LogP contribution is -2.34. The van der Waals surface area contributed by atoms with Gasteiger partial charge in [-0.3, -0.25) is 0 Å². The Balaban J connectivity index is 2.23. The molecule has 9 nitrogen and oxygen atoms in total. The number of carbonyl (C=O) groups is 3. The van der Waals surface area contributed by atoms with Gasteiger partial charge in [-0.1, -0.05) is 32.1 Å². The number of esters is 3. The maximum atomic E-state index is 12.8. The summed E-state index contributed by atoms with van der Waals surface area (Å²) in [7, 11) is 0. The Morgan fingerprint density at radius 1 is 1.32 bits per heavy atom. The molecule has 9 heteroatoms. The fourth-order valence-electron chi connectivity index (χ4n) is 3.70. The first-order chi connectivity index (χ1) is 16.0. The lowest BCUT2D eigenvalue weighted by molar-refractivity contribution is -0.155. The summed E-state index contributed by atoms with van der Waals surface area (Å²) in [6.07, 6.45) is 1.68. The second kappa shape index (κ2) is 12.1. The molecular weight excluding hydrogens is 444 g/mol. The molecule has 0 aromatic carbocycles. The van der Waals surface area contributed by atoms with Crippen LogP contribution in [-0.2, 0) is 28.6 Å². The fourth-order valence-corrected chi connectivity index (χ4v) is 3.70. The van der Waals surface area contributed by atoms with Gasteiger partial charge >= 0.3 is 17.9 Å². The van der Waals surface area contributed by atoms with E-state index >= 15 is 0 Å². The Kier molecular flexibility index (Phi) is 9.78. The van der Waals surface area contributed by atoms with Gasteiger partial charge in [0.05, 0.1) is 24.2 Å². The van der Waals surface area contributed by atoms with Gasteiger partial charge < -0.3 is 29.5 Å². The van der Waals surface area contributed by atoms with E-state index in [-0.39, 0.29) is 30.1 Å². The van der Waals surface area contributed by atoms with Crippen LogP contribution in [0.1, 0.15) is 40.5 Å². The highest BCUT2D eigenvalue weighted by molar-refractivity contribution is 5.92. The number of fused-ring (bicyclic) bond motifs is 1. The molecule has 1 aliphatic heterocycles. The average molecular weight is 479 g/mol. The largest absolute Gasteiger partial charge is 0.460 e. The van der Waals surface area contributed by atoms with E-state index in [0.717, 1.165) is 5.57 Å². The van der Waals surface area contributed by atoms with E-state index in [1.165, 1.54) is 6.08 Å². The minimum atomic E-state index is -1.30. The predicted octanol–water partition coefficient (Wildman–Crippen LogP) is 1.52. The molecule has 0 aromatic heterocycles.